The number of nitriles is 1. The third-order valence-electron chi connectivity index (χ3n) is 5.24. The van der Waals surface area contributed by atoms with E-state index in [4.69, 9.17) is 5.26 Å². The average Bonchev–Trinajstić information content (AvgIpc) is 3.23. The molecule has 0 amide bonds. The number of piperazine rings is 1. The van der Waals surface area contributed by atoms with Gasteiger partial charge in [-0.2, -0.15) is 5.26 Å². The molecule has 1 fully saturated rings. The first-order chi connectivity index (χ1) is 14.2. The molecule has 2 aromatic heterocycles. The first-order valence-electron chi connectivity index (χ1n) is 9.79. The predicted molar refractivity (Wildman–Crippen MR) is 113 cm³/mol. The highest BCUT2D eigenvalue weighted by Gasteiger charge is 2.22. The van der Waals surface area contributed by atoms with E-state index in [2.05, 4.69) is 68.2 Å². The summed E-state index contributed by atoms with van der Waals surface area (Å²) in [6.45, 7) is 8.89. The van der Waals surface area contributed by atoms with Crippen LogP contribution < -0.4 is 10.2 Å². The number of nitrogens with zero attached hydrogens (tertiary/aromatic N) is 7. The summed E-state index contributed by atoms with van der Waals surface area (Å²) in [5, 5.41) is 11.9. The highest BCUT2D eigenvalue weighted by molar-refractivity contribution is 5.54. The number of benzene rings is 1. The average molecular weight is 388 g/mol. The van der Waals surface area contributed by atoms with Crippen LogP contribution in [0.15, 0.2) is 49.2 Å². The van der Waals surface area contributed by atoms with Crippen molar-refractivity contribution in [1.29, 1.82) is 5.26 Å². The molecular formula is C21H24N8. The summed E-state index contributed by atoms with van der Waals surface area (Å²) in [6.07, 6.45) is 6.61. The molecule has 8 nitrogen and oxygen atoms in total. The van der Waals surface area contributed by atoms with Gasteiger partial charge in [0.1, 0.15) is 24.0 Å². The minimum Gasteiger partial charge on any atom is -0.366 e. The van der Waals surface area contributed by atoms with Crippen molar-refractivity contribution in [3.05, 3.63) is 54.9 Å². The Kier molecular flexibility index (Phi) is 5.40. The second-order valence-electron chi connectivity index (χ2n) is 7.14. The fraction of sp³-hybridized carbons (Fsp3) is 0.333. The van der Waals surface area contributed by atoms with Crippen molar-refractivity contribution < 1.29 is 0 Å². The van der Waals surface area contributed by atoms with Gasteiger partial charge in [-0.15, -0.1) is 0 Å². The number of imidazole rings is 1. The molecule has 148 valence electrons. The lowest BCUT2D eigenvalue weighted by Gasteiger charge is -2.41. The second-order valence-corrected chi connectivity index (χ2v) is 7.14. The molecule has 8 heteroatoms. The van der Waals surface area contributed by atoms with E-state index in [-0.39, 0.29) is 5.69 Å². The fourth-order valence-corrected chi connectivity index (χ4v) is 3.63. The van der Waals surface area contributed by atoms with Gasteiger partial charge in [-0.1, -0.05) is 6.92 Å². The molecule has 0 bridgehead atoms. The molecule has 0 aliphatic carbocycles. The standard InChI is InChI=1S/C21H24N8/c1-3-27-8-9-29(16(2)13-27)19-6-4-18(5-7-19)28-14-21(25-15-28)26-20-12-23-17(10-22)11-24-20/h4-7,11-12,14-16H,3,8-9,13H2,1-2H3,(H,24,26)/t16-/m1/s1. The van der Waals surface area contributed by atoms with Crippen molar-refractivity contribution in [2.75, 3.05) is 36.4 Å². The Morgan fingerprint density at radius 3 is 2.52 bits per heavy atom. The van der Waals surface area contributed by atoms with E-state index < -0.39 is 0 Å². The van der Waals surface area contributed by atoms with Gasteiger partial charge >= 0.3 is 0 Å². The van der Waals surface area contributed by atoms with E-state index in [0.29, 0.717) is 17.7 Å². The molecule has 1 saturated heterocycles. The Morgan fingerprint density at radius 2 is 1.86 bits per heavy atom. The van der Waals surface area contributed by atoms with E-state index in [9.17, 15) is 0 Å². The molecule has 29 heavy (non-hydrogen) atoms. The van der Waals surface area contributed by atoms with Gasteiger partial charge in [0.2, 0.25) is 0 Å². The van der Waals surface area contributed by atoms with Crippen LogP contribution in [0.25, 0.3) is 5.69 Å². The molecule has 1 aromatic carbocycles. The quantitative estimate of drug-likeness (QED) is 0.719. The third-order valence-corrected chi connectivity index (χ3v) is 5.24. The minimum atomic E-state index is 0.284. The van der Waals surface area contributed by atoms with Crippen LogP contribution >= 0.6 is 0 Å². The predicted octanol–water partition coefficient (Wildman–Crippen LogP) is 2.81. The molecule has 1 aliphatic rings. The topological polar surface area (TPSA) is 85.9 Å². The summed E-state index contributed by atoms with van der Waals surface area (Å²) in [6, 6.07) is 11.0. The van der Waals surface area contributed by atoms with Gasteiger partial charge in [-0.3, -0.25) is 4.90 Å². The zero-order chi connectivity index (χ0) is 20.2. The zero-order valence-electron chi connectivity index (χ0n) is 16.7. The van der Waals surface area contributed by atoms with Crippen LogP contribution in [0.3, 0.4) is 0 Å². The normalized spacial score (nSPS) is 17.1. The number of rotatable bonds is 5. The molecule has 0 unspecified atom stereocenters. The van der Waals surface area contributed by atoms with Crippen molar-refractivity contribution in [3.8, 4) is 11.8 Å². The van der Waals surface area contributed by atoms with Gasteiger partial charge in [-0.05, 0) is 37.7 Å². The van der Waals surface area contributed by atoms with Crippen molar-refractivity contribution in [3.63, 3.8) is 0 Å². The molecular weight excluding hydrogens is 364 g/mol. The summed E-state index contributed by atoms with van der Waals surface area (Å²) in [5.74, 6) is 1.21. The Morgan fingerprint density at radius 1 is 1.07 bits per heavy atom. The summed E-state index contributed by atoms with van der Waals surface area (Å²) in [4.78, 5) is 17.5. The monoisotopic (exact) mass is 388 g/mol. The third kappa shape index (κ3) is 4.20. The van der Waals surface area contributed by atoms with Crippen LogP contribution in [-0.4, -0.2) is 56.6 Å². The number of hydrogen-bond acceptors (Lipinski definition) is 7. The van der Waals surface area contributed by atoms with Crippen molar-refractivity contribution in [2.45, 2.75) is 19.9 Å². The molecule has 1 aliphatic heterocycles. The lowest BCUT2D eigenvalue weighted by molar-refractivity contribution is 0.240. The summed E-state index contributed by atoms with van der Waals surface area (Å²) >= 11 is 0. The Labute approximate surface area is 170 Å². The van der Waals surface area contributed by atoms with Crippen molar-refractivity contribution in [1.82, 2.24) is 24.4 Å². The van der Waals surface area contributed by atoms with Crippen LogP contribution in [0.1, 0.15) is 19.5 Å². The van der Waals surface area contributed by atoms with Crippen LogP contribution in [0, 0.1) is 11.3 Å². The highest BCUT2D eigenvalue weighted by atomic mass is 15.3. The number of hydrogen-bond donors (Lipinski definition) is 1. The molecule has 3 heterocycles. The van der Waals surface area contributed by atoms with Gasteiger partial charge in [-0.25, -0.2) is 15.0 Å². The van der Waals surface area contributed by atoms with Crippen LogP contribution in [0.4, 0.5) is 17.3 Å². The zero-order valence-corrected chi connectivity index (χ0v) is 16.7. The number of anilines is 3. The Balaban J connectivity index is 1.44. The second kappa shape index (κ2) is 8.29. The maximum Gasteiger partial charge on any atom is 0.158 e. The van der Waals surface area contributed by atoms with E-state index in [1.165, 1.54) is 18.1 Å². The lowest BCUT2D eigenvalue weighted by Crippen LogP contribution is -2.51. The lowest BCUT2D eigenvalue weighted by atomic mass is 10.1. The summed E-state index contributed by atoms with van der Waals surface area (Å²) in [5.41, 5.74) is 2.58. The van der Waals surface area contributed by atoms with Crippen LogP contribution in [0.5, 0.6) is 0 Å². The van der Waals surface area contributed by atoms with Gasteiger partial charge < -0.3 is 14.8 Å². The largest absolute Gasteiger partial charge is 0.366 e. The maximum atomic E-state index is 8.79. The van der Waals surface area contributed by atoms with Crippen LogP contribution in [-0.2, 0) is 0 Å². The molecule has 1 atom stereocenters. The first-order valence-corrected chi connectivity index (χ1v) is 9.79. The van der Waals surface area contributed by atoms with Gasteiger partial charge in [0.05, 0.1) is 18.6 Å². The number of aromatic nitrogens is 4. The van der Waals surface area contributed by atoms with Crippen LogP contribution in [0.2, 0.25) is 0 Å². The molecule has 3 aromatic rings. The molecule has 4 rings (SSSR count). The SMILES string of the molecule is CCN1CCN(c2ccc(-n3cnc(Nc4cnc(C#N)cn4)c3)cc2)[C@H](C)C1. The van der Waals surface area contributed by atoms with Crippen molar-refractivity contribution in [2.24, 2.45) is 0 Å². The van der Waals surface area contributed by atoms with Crippen molar-refractivity contribution >= 4 is 17.3 Å². The fourth-order valence-electron chi connectivity index (χ4n) is 3.63. The van der Waals surface area contributed by atoms with Gasteiger partial charge in [0, 0.05) is 37.1 Å². The number of likely N-dealkylation sites (N-methyl/N-ethyl adjacent to an activating group) is 1. The van der Waals surface area contributed by atoms with E-state index in [0.717, 1.165) is 31.9 Å². The summed E-state index contributed by atoms with van der Waals surface area (Å²) < 4.78 is 1.96. The highest BCUT2D eigenvalue weighted by Crippen LogP contribution is 2.23. The van der Waals surface area contributed by atoms with E-state index >= 15 is 0 Å². The summed E-state index contributed by atoms with van der Waals surface area (Å²) in [7, 11) is 0. The molecule has 1 N–H and O–H groups in total. The minimum absolute atomic E-state index is 0.284. The smallest absolute Gasteiger partial charge is 0.158 e. The Hall–Kier alpha value is -3.44. The van der Waals surface area contributed by atoms with E-state index in [1.54, 1.807) is 6.33 Å². The van der Waals surface area contributed by atoms with E-state index in [1.807, 2.05) is 16.8 Å². The number of nitrogens with one attached hydrogen (secondary N) is 1. The first kappa shape index (κ1) is 18.9. The van der Waals surface area contributed by atoms with Gasteiger partial charge in [0.25, 0.3) is 0 Å². The maximum absolute atomic E-state index is 8.79. The van der Waals surface area contributed by atoms with Gasteiger partial charge in [0.15, 0.2) is 5.69 Å². The molecule has 0 saturated carbocycles. The molecule has 0 spiro atoms. The Bertz CT molecular complexity index is 987. The molecule has 0 radical (unpaired) electrons.